The van der Waals surface area contributed by atoms with Gasteiger partial charge in [-0.3, -0.25) is 4.79 Å². The molecule has 1 N–H and O–H groups in total. The fourth-order valence-electron chi connectivity index (χ4n) is 0.825. The molecule has 2 rings (SSSR count). The standard InChI is InChI=1S/C6H6.C4H8O2.CH2O2/c2*1-2-4-6-5-3-1;2-1-3/h1-6H;1-4H2;1H,(H,2,3). The second kappa shape index (κ2) is 12.6. The smallest absolute Gasteiger partial charge is 0.290 e. The van der Waals surface area contributed by atoms with Gasteiger partial charge in [0.05, 0.1) is 13.2 Å². The lowest BCUT2D eigenvalue weighted by Crippen LogP contribution is -2.05. The molecule has 0 aromatic heterocycles. The van der Waals surface area contributed by atoms with E-state index < -0.39 is 0 Å². The summed E-state index contributed by atoms with van der Waals surface area (Å²) in [5, 5.41) is 6.89. The van der Waals surface area contributed by atoms with Crippen LogP contribution in [0.4, 0.5) is 0 Å². The van der Waals surface area contributed by atoms with Crippen molar-refractivity contribution in [1.82, 2.24) is 0 Å². The number of hydrogen-bond donors (Lipinski definition) is 1. The zero-order valence-corrected chi connectivity index (χ0v) is 8.54. The van der Waals surface area contributed by atoms with E-state index in [4.69, 9.17) is 9.90 Å². The fourth-order valence-corrected chi connectivity index (χ4v) is 0.825. The molecule has 1 aromatic rings. The summed E-state index contributed by atoms with van der Waals surface area (Å²) < 4.78 is 0. The van der Waals surface area contributed by atoms with Gasteiger partial charge in [-0.05, 0) is 12.8 Å². The van der Waals surface area contributed by atoms with Crippen LogP contribution in [0.3, 0.4) is 0 Å². The molecule has 15 heavy (non-hydrogen) atoms. The van der Waals surface area contributed by atoms with E-state index in [9.17, 15) is 0 Å². The first-order chi connectivity index (χ1) is 7.41. The van der Waals surface area contributed by atoms with Crippen molar-refractivity contribution in [2.75, 3.05) is 13.2 Å². The van der Waals surface area contributed by atoms with Crippen LogP contribution < -0.4 is 0 Å². The van der Waals surface area contributed by atoms with Gasteiger partial charge in [0.2, 0.25) is 0 Å². The first kappa shape index (κ1) is 13.6. The van der Waals surface area contributed by atoms with Gasteiger partial charge in [-0.1, -0.05) is 36.4 Å². The summed E-state index contributed by atoms with van der Waals surface area (Å²) in [6.07, 6.45) is 2.31. The van der Waals surface area contributed by atoms with Crippen molar-refractivity contribution in [3.05, 3.63) is 36.4 Å². The number of rotatable bonds is 0. The van der Waals surface area contributed by atoms with Crippen LogP contribution in [0.2, 0.25) is 0 Å². The molecule has 4 nitrogen and oxygen atoms in total. The van der Waals surface area contributed by atoms with Crippen LogP contribution in [0.25, 0.3) is 0 Å². The van der Waals surface area contributed by atoms with E-state index in [1.165, 1.54) is 0 Å². The third-order valence-corrected chi connectivity index (χ3v) is 1.46. The molecule has 1 aromatic carbocycles. The predicted octanol–water partition coefficient (Wildman–Crippen LogP) is 2.12. The van der Waals surface area contributed by atoms with Gasteiger partial charge in [-0.25, -0.2) is 9.78 Å². The molecule has 84 valence electrons. The van der Waals surface area contributed by atoms with E-state index in [-0.39, 0.29) is 6.47 Å². The third kappa shape index (κ3) is 12.6. The summed E-state index contributed by atoms with van der Waals surface area (Å²) in [5.41, 5.74) is 0. The van der Waals surface area contributed by atoms with E-state index in [2.05, 4.69) is 9.78 Å². The van der Waals surface area contributed by atoms with Gasteiger partial charge < -0.3 is 5.11 Å². The van der Waals surface area contributed by atoms with Crippen LogP contribution in [0.1, 0.15) is 12.8 Å². The molecule has 0 atom stereocenters. The van der Waals surface area contributed by atoms with Crippen molar-refractivity contribution in [3.63, 3.8) is 0 Å². The second-order valence-electron chi connectivity index (χ2n) is 2.61. The minimum absolute atomic E-state index is 0.250. The Hall–Kier alpha value is -1.39. The second-order valence-corrected chi connectivity index (χ2v) is 2.61. The highest BCUT2D eigenvalue weighted by Gasteiger charge is 1.95. The van der Waals surface area contributed by atoms with E-state index >= 15 is 0 Å². The Bertz CT molecular complexity index is 171. The monoisotopic (exact) mass is 212 g/mol. The van der Waals surface area contributed by atoms with Crippen molar-refractivity contribution in [1.29, 1.82) is 0 Å². The lowest BCUT2D eigenvalue weighted by Gasteiger charge is -2.07. The topological polar surface area (TPSA) is 55.8 Å². The molecule has 1 aliphatic rings. The maximum absolute atomic E-state index is 8.36. The molecule has 1 aliphatic heterocycles. The summed E-state index contributed by atoms with van der Waals surface area (Å²) >= 11 is 0. The fraction of sp³-hybridized carbons (Fsp3) is 0.364. The van der Waals surface area contributed by atoms with E-state index in [1.54, 1.807) is 0 Å². The van der Waals surface area contributed by atoms with Crippen LogP contribution in [-0.2, 0) is 14.6 Å². The number of carboxylic acid groups (broad SMARTS) is 1. The highest BCUT2D eigenvalue weighted by Crippen LogP contribution is 1.97. The molecular formula is C11H16O4. The Balaban J connectivity index is 0.000000210. The normalized spacial score (nSPS) is 13.6. The number of carbonyl (C=O) groups is 1. The summed E-state index contributed by atoms with van der Waals surface area (Å²) in [7, 11) is 0. The first-order valence-corrected chi connectivity index (χ1v) is 4.74. The molecule has 1 heterocycles. The maximum atomic E-state index is 8.36. The minimum Gasteiger partial charge on any atom is -0.483 e. The quantitative estimate of drug-likeness (QED) is 0.528. The van der Waals surface area contributed by atoms with Crippen molar-refractivity contribution in [2.45, 2.75) is 12.8 Å². The molecule has 0 radical (unpaired) electrons. The van der Waals surface area contributed by atoms with Gasteiger partial charge >= 0.3 is 0 Å². The molecule has 0 amide bonds. The van der Waals surface area contributed by atoms with Gasteiger partial charge in [0, 0.05) is 0 Å². The molecule has 0 spiro atoms. The van der Waals surface area contributed by atoms with Crippen molar-refractivity contribution >= 4 is 6.47 Å². The van der Waals surface area contributed by atoms with Crippen molar-refractivity contribution in [3.8, 4) is 0 Å². The van der Waals surface area contributed by atoms with E-state index in [0.29, 0.717) is 0 Å². The SMILES string of the molecule is C1CCOOC1.O=CO.c1ccccc1. The first-order valence-electron chi connectivity index (χ1n) is 4.74. The van der Waals surface area contributed by atoms with E-state index in [1.807, 2.05) is 36.4 Å². The molecule has 0 aliphatic carbocycles. The highest BCUT2D eigenvalue weighted by molar-refractivity contribution is 5.32. The molecule has 0 bridgehead atoms. The van der Waals surface area contributed by atoms with Crippen LogP contribution >= 0.6 is 0 Å². The van der Waals surface area contributed by atoms with Crippen LogP contribution in [0.5, 0.6) is 0 Å². The highest BCUT2D eigenvalue weighted by atomic mass is 17.2. The molecule has 1 fully saturated rings. The van der Waals surface area contributed by atoms with Crippen molar-refractivity contribution < 1.29 is 19.7 Å². The van der Waals surface area contributed by atoms with Gasteiger partial charge in [0.25, 0.3) is 6.47 Å². The van der Waals surface area contributed by atoms with Crippen LogP contribution in [-0.4, -0.2) is 24.8 Å². The van der Waals surface area contributed by atoms with Crippen LogP contribution in [0, 0.1) is 0 Å². The molecular weight excluding hydrogens is 196 g/mol. The lowest BCUT2D eigenvalue weighted by molar-refractivity contribution is -0.312. The van der Waals surface area contributed by atoms with Gasteiger partial charge in [0.1, 0.15) is 0 Å². The Morgan fingerprint density at radius 2 is 1.13 bits per heavy atom. The van der Waals surface area contributed by atoms with Gasteiger partial charge in [0.15, 0.2) is 0 Å². The Labute approximate surface area is 89.4 Å². The zero-order valence-electron chi connectivity index (χ0n) is 8.54. The summed E-state index contributed by atoms with van der Waals surface area (Å²) in [6.45, 7) is 1.31. The average molecular weight is 212 g/mol. The number of hydrogen-bond acceptors (Lipinski definition) is 3. The molecule has 1 saturated heterocycles. The minimum atomic E-state index is -0.250. The maximum Gasteiger partial charge on any atom is 0.290 e. The summed E-state index contributed by atoms with van der Waals surface area (Å²) in [6, 6.07) is 12.0. The molecule has 4 heteroatoms. The van der Waals surface area contributed by atoms with Gasteiger partial charge in [-0.2, -0.15) is 0 Å². The van der Waals surface area contributed by atoms with Crippen LogP contribution in [0.15, 0.2) is 36.4 Å². The zero-order chi connectivity index (χ0) is 11.2. The van der Waals surface area contributed by atoms with E-state index in [0.717, 1.165) is 26.1 Å². The molecule has 0 unspecified atom stereocenters. The Morgan fingerprint density at radius 3 is 1.27 bits per heavy atom. The largest absolute Gasteiger partial charge is 0.483 e. The lowest BCUT2D eigenvalue weighted by atomic mass is 10.3. The summed E-state index contributed by atoms with van der Waals surface area (Å²) in [5.74, 6) is 0. The Morgan fingerprint density at radius 1 is 0.867 bits per heavy atom. The van der Waals surface area contributed by atoms with Gasteiger partial charge in [-0.15, -0.1) is 0 Å². The average Bonchev–Trinajstić information content (AvgIpc) is 2.35. The van der Waals surface area contributed by atoms with Crippen molar-refractivity contribution in [2.24, 2.45) is 0 Å². The number of benzene rings is 1. The third-order valence-electron chi connectivity index (χ3n) is 1.46. The Kier molecular flexibility index (Phi) is 11.4. The molecule has 0 saturated carbocycles. The predicted molar refractivity (Wildman–Crippen MR) is 56.3 cm³/mol. The summed E-state index contributed by atoms with van der Waals surface area (Å²) in [4.78, 5) is 17.5.